The minimum absolute atomic E-state index is 0.136. The zero-order chi connectivity index (χ0) is 14.7. The van der Waals surface area contributed by atoms with Gasteiger partial charge < -0.3 is 9.84 Å². The standard InChI is InChI=1S/C17H28O2/c1-7-17(6,19-8-2)15(18)13-9-11-14(12-10-13)16(3,4)5/h9-12,15,18H,7-8H2,1-6H3. The highest BCUT2D eigenvalue weighted by Gasteiger charge is 2.33. The lowest BCUT2D eigenvalue weighted by Gasteiger charge is -2.34. The van der Waals surface area contributed by atoms with E-state index < -0.39 is 11.7 Å². The van der Waals surface area contributed by atoms with Crippen LogP contribution in [0.3, 0.4) is 0 Å². The molecule has 2 nitrogen and oxygen atoms in total. The Bertz CT molecular complexity index is 389. The van der Waals surface area contributed by atoms with Gasteiger partial charge in [-0.15, -0.1) is 0 Å². The Kier molecular flexibility index (Phi) is 5.17. The number of hydrogen-bond donors (Lipinski definition) is 1. The van der Waals surface area contributed by atoms with Crippen LogP contribution in [0.5, 0.6) is 0 Å². The van der Waals surface area contributed by atoms with Crippen LogP contribution in [0.15, 0.2) is 24.3 Å². The first-order chi connectivity index (χ1) is 8.74. The smallest absolute Gasteiger partial charge is 0.108 e. The molecule has 0 aliphatic rings. The molecular formula is C17H28O2. The molecule has 19 heavy (non-hydrogen) atoms. The number of benzene rings is 1. The second-order valence-corrected chi connectivity index (χ2v) is 6.37. The van der Waals surface area contributed by atoms with Gasteiger partial charge in [0.1, 0.15) is 6.10 Å². The molecular weight excluding hydrogens is 236 g/mol. The normalized spacial score (nSPS) is 17.0. The molecule has 0 spiro atoms. The van der Waals surface area contributed by atoms with Gasteiger partial charge in [-0.3, -0.25) is 0 Å². The Morgan fingerprint density at radius 2 is 1.58 bits per heavy atom. The quantitative estimate of drug-likeness (QED) is 0.862. The molecule has 0 fully saturated rings. The maximum Gasteiger partial charge on any atom is 0.108 e. The molecule has 0 bridgehead atoms. The van der Waals surface area contributed by atoms with E-state index in [0.29, 0.717) is 6.61 Å². The monoisotopic (exact) mass is 264 g/mol. The van der Waals surface area contributed by atoms with E-state index in [-0.39, 0.29) is 5.41 Å². The molecule has 108 valence electrons. The van der Waals surface area contributed by atoms with Gasteiger partial charge in [0.15, 0.2) is 0 Å². The van der Waals surface area contributed by atoms with E-state index in [1.807, 2.05) is 32.9 Å². The molecule has 1 rings (SSSR count). The van der Waals surface area contributed by atoms with E-state index in [9.17, 15) is 5.11 Å². The molecule has 1 aromatic rings. The van der Waals surface area contributed by atoms with Crippen LogP contribution in [0, 0.1) is 0 Å². The summed E-state index contributed by atoms with van der Waals surface area (Å²) in [6.07, 6.45) is 0.190. The van der Waals surface area contributed by atoms with Gasteiger partial charge in [-0.05, 0) is 36.8 Å². The number of aliphatic hydroxyl groups excluding tert-OH is 1. The summed E-state index contributed by atoms with van der Waals surface area (Å²) in [5.41, 5.74) is 1.82. The van der Waals surface area contributed by atoms with Crippen LogP contribution in [-0.4, -0.2) is 17.3 Å². The van der Waals surface area contributed by atoms with Gasteiger partial charge in [-0.2, -0.15) is 0 Å². The third-order valence-corrected chi connectivity index (χ3v) is 3.85. The van der Waals surface area contributed by atoms with Crippen LogP contribution in [-0.2, 0) is 10.2 Å². The second kappa shape index (κ2) is 6.06. The fraction of sp³-hybridized carbons (Fsp3) is 0.647. The van der Waals surface area contributed by atoms with Crippen molar-refractivity contribution in [3.8, 4) is 0 Å². The lowest BCUT2D eigenvalue weighted by atomic mass is 9.84. The Hall–Kier alpha value is -0.860. The van der Waals surface area contributed by atoms with Crippen molar-refractivity contribution in [2.75, 3.05) is 6.61 Å². The van der Waals surface area contributed by atoms with Gasteiger partial charge in [-0.25, -0.2) is 0 Å². The SMILES string of the molecule is CCOC(C)(CC)C(O)c1ccc(C(C)(C)C)cc1. The van der Waals surface area contributed by atoms with Crippen LogP contribution < -0.4 is 0 Å². The van der Waals surface area contributed by atoms with Crippen molar-refractivity contribution in [2.24, 2.45) is 0 Å². The minimum Gasteiger partial charge on any atom is -0.385 e. The molecule has 0 aromatic heterocycles. The number of rotatable bonds is 5. The fourth-order valence-corrected chi connectivity index (χ4v) is 2.22. The van der Waals surface area contributed by atoms with Crippen molar-refractivity contribution in [3.05, 3.63) is 35.4 Å². The molecule has 0 radical (unpaired) electrons. The highest BCUT2D eigenvalue weighted by atomic mass is 16.5. The van der Waals surface area contributed by atoms with E-state index >= 15 is 0 Å². The zero-order valence-corrected chi connectivity index (χ0v) is 13.2. The zero-order valence-electron chi connectivity index (χ0n) is 13.2. The minimum atomic E-state index is -0.591. The van der Waals surface area contributed by atoms with Crippen LogP contribution in [0.25, 0.3) is 0 Å². The molecule has 1 N–H and O–H groups in total. The first-order valence-electron chi connectivity index (χ1n) is 7.17. The van der Waals surface area contributed by atoms with Crippen molar-refractivity contribution < 1.29 is 9.84 Å². The predicted molar refractivity (Wildman–Crippen MR) is 80.4 cm³/mol. The van der Waals surface area contributed by atoms with Crippen molar-refractivity contribution in [1.82, 2.24) is 0 Å². The van der Waals surface area contributed by atoms with Crippen LogP contribution in [0.2, 0.25) is 0 Å². The highest BCUT2D eigenvalue weighted by molar-refractivity contribution is 5.29. The first-order valence-corrected chi connectivity index (χ1v) is 7.17. The highest BCUT2D eigenvalue weighted by Crippen LogP contribution is 2.33. The summed E-state index contributed by atoms with van der Waals surface area (Å²) in [5, 5.41) is 10.5. The van der Waals surface area contributed by atoms with Gasteiger partial charge in [-0.1, -0.05) is 52.0 Å². The maximum absolute atomic E-state index is 10.5. The molecule has 2 unspecified atom stereocenters. The Labute approximate surface area is 117 Å². The first kappa shape index (κ1) is 16.2. The average molecular weight is 264 g/mol. The molecule has 1 aromatic carbocycles. The third kappa shape index (κ3) is 3.80. The van der Waals surface area contributed by atoms with Gasteiger partial charge in [0.25, 0.3) is 0 Å². The summed E-state index contributed by atoms with van der Waals surface area (Å²) < 4.78 is 5.74. The van der Waals surface area contributed by atoms with Gasteiger partial charge in [0.05, 0.1) is 5.60 Å². The van der Waals surface area contributed by atoms with Gasteiger partial charge >= 0.3 is 0 Å². The van der Waals surface area contributed by atoms with Gasteiger partial charge in [0.2, 0.25) is 0 Å². The number of hydrogen-bond acceptors (Lipinski definition) is 2. The van der Waals surface area contributed by atoms with E-state index in [4.69, 9.17) is 4.74 Å². The van der Waals surface area contributed by atoms with Crippen molar-refractivity contribution >= 4 is 0 Å². The lowest BCUT2D eigenvalue weighted by molar-refractivity contribution is -0.113. The third-order valence-electron chi connectivity index (χ3n) is 3.85. The predicted octanol–water partition coefficient (Wildman–Crippen LogP) is 4.22. The topological polar surface area (TPSA) is 29.5 Å². The summed E-state index contributed by atoms with van der Waals surface area (Å²) in [6, 6.07) is 8.22. The fourth-order valence-electron chi connectivity index (χ4n) is 2.22. The van der Waals surface area contributed by atoms with E-state index in [2.05, 4.69) is 32.9 Å². The van der Waals surface area contributed by atoms with Crippen molar-refractivity contribution in [1.29, 1.82) is 0 Å². The van der Waals surface area contributed by atoms with Crippen LogP contribution >= 0.6 is 0 Å². The Morgan fingerprint density at radius 3 is 1.95 bits per heavy atom. The molecule has 0 heterocycles. The Morgan fingerprint density at radius 1 is 1.05 bits per heavy atom. The summed E-state index contributed by atoms with van der Waals surface area (Å²) >= 11 is 0. The number of ether oxygens (including phenoxy) is 1. The van der Waals surface area contributed by atoms with Gasteiger partial charge in [0, 0.05) is 6.61 Å². The number of aliphatic hydroxyl groups is 1. The average Bonchev–Trinajstić information content (AvgIpc) is 2.37. The van der Waals surface area contributed by atoms with Crippen molar-refractivity contribution in [2.45, 2.75) is 65.1 Å². The van der Waals surface area contributed by atoms with E-state index in [0.717, 1.165) is 12.0 Å². The molecule has 2 atom stereocenters. The summed E-state index contributed by atoms with van der Waals surface area (Å²) in [7, 11) is 0. The second-order valence-electron chi connectivity index (χ2n) is 6.37. The largest absolute Gasteiger partial charge is 0.385 e. The van der Waals surface area contributed by atoms with E-state index in [1.165, 1.54) is 5.56 Å². The molecule has 2 heteroatoms. The van der Waals surface area contributed by atoms with Crippen LogP contribution in [0.4, 0.5) is 0 Å². The van der Waals surface area contributed by atoms with E-state index in [1.54, 1.807) is 0 Å². The molecule has 0 amide bonds. The lowest BCUT2D eigenvalue weighted by Crippen LogP contribution is -2.35. The Balaban J connectivity index is 2.97. The maximum atomic E-state index is 10.5. The van der Waals surface area contributed by atoms with Crippen molar-refractivity contribution in [3.63, 3.8) is 0 Å². The molecule has 0 aliphatic carbocycles. The molecule has 0 saturated carbocycles. The molecule has 0 aliphatic heterocycles. The summed E-state index contributed by atoms with van der Waals surface area (Å²) in [4.78, 5) is 0. The summed E-state index contributed by atoms with van der Waals surface area (Å²) in [6.45, 7) is 13.2. The molecule has 0 saturated heterocycles. The van der Waals surface area contributed by atoms with Crippen LogP contribution in [0.1, 0.15) is 65.2 Å². The summed E-state index contributed by atoms with van der Waals surface area (Å²) in [5.74, 6) is 0.